The molecule has 1 saturated heterocycles. The van der Waals surface area contributed by atoms with E-state index in [1.165, 1.54) is 0 Å². The average molecular weight is 208 g/mol. The number of rotatable bonds is 1. The van der Waals surface area contributed by atoms with Crippen LogP contribution in [0.15, 0.2) is 0 Å². The lowest BCUT2D eigenvalue weighted by atomic mass is 9.76. The van der Waals surface area contributed by atoms with Gasteiger partial charge < -0.3 is 4.74 Å². The van der Waals surface area contributed by atoms with Crippen LogP contribution in [0.25, 0.3) is 0 Å². The lowest BCUT2D eigenvalue weighted by molar-refractivity contribution is -0.183. The summed E-state index contributed by atoms with van der Waals surface area (Å²) < 4.78 is 43.1. The Labute approximate surface area is 81.6 Å². The van der Waals surface area contributed by atoms with Crippen molar-refractivity contribution in [3.63, 3.8) is 0 Å². The topological polar surface area (TPSA) is 12.5 Å². The zero-order valence-electron chi connectivity index (χ0n) is 8.40. The second kappa shape index (κ2) is 2.87. The van der Waals surface area contributed by atoms with Crippen LogP contribution in [0.2, 0.25) is 0 Å². The molecule has 3 atom stereocenters. The van der Waals surface area contributed by atoms with E-state index in [9.17, 15) is 13.2 Å². The van der Waals surface area contributed by atoms with Crippen LogP contribution in [0.4, 0.5) is 13.2 Å². The largest absolute Gasteiger partial charge is 0.394 e. The lowest BCUT2D eigenvalue weighted by Crippen LogP contribution is -2.37. The lowest BCUT2D eigenvalue weighted by Gasteiger charge is -2.27. The van der Waals surface area contributed by atoms with Crippen molar-refractivity contribution in [2.24, 2.45) is 11.8 Å². The molecule has 2 rings (SSSR count). The Morgan fingerprint density at radius 1 is 1.36 bits per heavy atom. The third-order valence-corrected chi connectivity index (χ3v) is 3.62. The molecule has 1 aliphatic carbocycles. The summed E-state index contributed by atoms with van der Waals surface area (Å²) in [5, 5.41) is 0. The monoisotopic (exact) mass is 208 g/mol. The van der Waals surface area contributed by atoms with Crippen LogP contribution >= 0.6 is 0 Å². The second-order valence-corrected chi connectivity index (χ2v) is 4.69. The maximum atomic E-state index is 12.6. The van der Waals surface area contributed by atoms with Gasteiger partial charge in [-0.1, -0.05) is 13.8 Å². The number of ether oxygens (including phenoxy) is 1. The van der Waals surface area contributed by atoms with E-state index in [0.29, 0.717) is 6.42 Å². The van der Waals surface area contributed by atoms with E-state index >= 15 is 0 Å². The molecule has 0 aromatic heterocycles. The molecule has 1 aliphatic heterocycles. The van der Waals surface area contributed by atoms with Gasteiger partial charge in [-0.05, 0) is 25.2 Å². The van der Waals surface area contributed by atoms with Crippen LogP contribution in [0.5, 0.6) is 0 Å². The highest BCUT2D eigenvalue weighted by molar-refractivity contribution is 5.11. The van der Waals surface area contributed by atoms with Crippen molar-refractivity contribution in [1.29, 1.82) is 0 Å². The van der Waals surface area contributed by atoms with Crippen molar-refractivity contribution in [3.05, 3.63) is 0 Å². The Hall–Kier alpha value is -0.250. The van der Waals surface area contributed by atoms with Crippen molar-refractivity contribution < 1.29 is 17.9 Å². The summed E-state index contributed by atoms with van der Waals surface area (Å²) in [6, 6.07) is 0. The molecule has 4 heteroatoms. The normalized spacial score (nSPS) is 42.4. The minimum Gasteiger partial charge on any atom is -0.365 e. The first-order valence-corrected chi connectivity index (χ1v) is 5.12. The van der Waals surface area contributed by atoms with Crippen LogP contribution in [0, 0.1) is 11.8 Å². The zero-order chi connectivity index (χ0) is 10.6. The van der Waals surface area contributed by atoms with Crippen molar-refractivity contribution in [2.75, 3.05) is 0 Å². The quantitative estimate of drug-likeness (QED) is 0.603. The van der Waals surface area contributed by atoms with Crippen molar-refractivity contribution in [2.45, 2.75) is 51.0 Å². The molecule has 0 aromatic carbocycles. The highest BCUT2D eigenvalue weighted by Gasteiger charge is 2.68. The minimum atomic E-state index is -4.08. The first kappa shape index (κ1) is 10.3. The van der Waals surface area contributed by atoms with E-state index in [2.05, 4.69) is 0 Å². The third-order valence-electron chi connectivity index (χ3n) is 3.62. The molecule has 0 amide bonds. The minimum absolute atomic E-state index is 0.192. The van der Waals surface area contributed by atoms with Gasteiger partial charge in [0.1, 0.15) is 0 Å². The van der Waals surface area contributed by atoms with Crippen LogP contribution in [0.1, 0.15) is 33.1 Å². The van der Waals surface area contributed by atoms with Gasteiger partial charge in [-0.15, -0.1) is 0 Å². The number of halogens is 3. The maximum Gasteiger partial charge on any atom is 0.394 e. The molecule has 0 N–H and O–H groups in total. The Bertz CT molecular complexity index is 236. The summed E-state index contributed by atoms with van der Waals surface area (Å²) in [5.74, 6) is -1.03. The first-order valence-electron chi connectivity index (χ1n) is 5.12. The summed E-state index contributed by atoms with van der Waals surface area (Å²) in [4.78, 5) is 0. The Morgan fingerprint density at radius 2 is 2.00 bits per heavy atom. The second-order valence-electron chi connectivity index (χ2n) is 4.69. The van der Waals surface area contributed by atoms with Gasteiger partial charge in [-0.3, -0.25) is 0 Å². The van der Waals surface area contributed by atoms with E-state index in [0.717, 1.165) is 6.42 Å². The number of hydrogen-bond acceptors (Lipinski definition) is 1. The predicted octanol–water partition coefficient (Wildman–Crippen LogP) is 3.14. The molecule has 1 unspecified atom stereocenters. The zero-order valence-corrected chi connectivity index (χ0v) is 8.40. The Morgan fingerprint density at radius 3 is 2.50 bits per heavy atom. The summed E-state index contributed by atoms with van der Waals surface area (Å²) >= 11 is 0. The molecule has 1 saturated carbocycles. The van der Waals surface area contributed by atoms with Gasteiger partial charge in [0, 0.05) is 0 Å². The summed E-state index contributed by atoms with van der Waals surface area (Å²) in [6.45, 7) is 3.89. The fraction of sp³-hybridized carbons (Fsp3) is 1.00. The number of epoxide rings is 1. The SMILES string of the molecule is CC(C)[C@]12CCC[C@H](C(F)(F)F)C1O2. The van der Waals surface area contributed by atoms with E-state index in [1.54, 1.807) is 0 Å². The van der Waals surface area contributed by atoms with Crippen LogP contribution in [0.3, 0.4) is 0 Å². The fourth-order valence-corrected chi connectivity index (χ4v) is 2.66. The predicted molar refractivity (Wildman–Crippen MR) is 45.8 cm³/mol. The molecule has 2 fully saturated rings. The molecule has 0 spiro atoms. The van der Waals surface area contributed by atoms with Crippen LogP contribution in [-0.2, 0) is 4.74 Å². The standard InChI is InChI=1S/C10H15F3O/c1-6(2)9-5-3-4-7(8(9)14-9)10(11,12)13/h6-8H,3-5H2,1-2H3/t7-,8?,9+/m0/s1. The molecule has 0 aromatic rings. The molecular formula is C10H15F3O. The Kier molecular flexibility index (Phi) is 2.11. The maximum absolute atomic E-state index is 12.6. The number of hydrogen-bond donors (Lipinski definition) is 0. The van der Waals surface area contributed by atoms with Gasteiger partial charge in [0.2, 0.25) is 0 Å². The number of fused-ring (bicyclic) bond motifs is 1. The molecule has 0 bridgehead atoms. The molecule has 82 valence electrons. The van der Waals surface area contributed by atoms with Gasteiger partial charge in [0.25, 0.3) is 0 Å². The van der Waals surface area contributed by atoms with E-state index in [1.807, 2.05) is 13.8 Å². The highest BCUT2D eigenvalue weighted by atomic mass is 19.4. The van der Waals surface area contributed by atoms with Gasteiger partial charge >= 0.3 is 6.18 Å². The highest BCUT2D eigenvalue weighted by Crippen LogP contribution is 2.58. The van der Waals surface area contributed by atoms with Gasteiger partial charge in [0.05, 0.1) is 17.6 Å². The molecule has 2 aliphatic rings. The van der Waals surface area contributed by atoms with Crippen molar-refractivity contribution in [1.82, 2.24) is 0 Å². The van der Waals surface area contributed by atoms with Gasteiger partial charge in [-0.2, -0.15) is 13.2 Å². The van der Waals surface area contributed by atoms with E-state index < -0.39 is 23.8 Å². The average Bonchev–Trinajstić information content (AvgIpc) is 2.76. The summed E-state index contributed by atoms with van der Waals surface area (Å²) in [7, 11) is 0. The molecular weight excluding hydrogens is 193 g/mol. The molecule has 1 heterocycles. The molecule has 1 nitrogen and oxygen atoms in total. The summed E-state index contributed by atoms with van der Waals surface area (Å²) in [5.41, 5.74) is -0.446. The van der Waals surface area contributed by atoms with Crippen molar-refractivity contribution in [3.8, 4) is 0 Å². The van der Waals surface area contributed by atoms with Crippen LogP contribution in [-0.4, -0.2) is 17.9 Å². The number of alkyl halides is 3. The fourth-order valence-electron chi connectivity index (χ4n) is 2.66. The Balaban J connectivity index is 2.12. The van der Waals surface area contributed by atoms with Crippen LogP contribution < -0.4 is 0 Å². The van der Waals surface area contributed by atoms with E-state index in [-0.39, 0.29) is 12.3 Å². The molecule has 14 heavy (non-hydrogen) atoms. The third kappa shape index (κ3) is 1.35. The van der Waals surface area contributed by atoms with Gasteiger partial charge in [0.15, 0.2) is 0 Å². The smallest absolute Gasteiger partial charge is 0.365 e. The van der Waals surface area contributed by atoms with Gasteiger partial charge in [-0.25, -0.2) is 0 Å². The van der Waals surface area contributed by atoms with E-state index in [4.69, 9.17) is 4.74 Å². The van der Waals surface area contributed by atoms with Crippen molar-refractivity contribution >= 4 is 0 Å². The first-order chi connectivity index (χ1) is 6.38. The molecule has 0 radical (unpaired) electrons. The summed E-state index contributed by atoms with van der Waals surface area (Å²) in [6.07, 6.45) is -2.97.